The quantitative estimate of drug-likeness (QED) is 0.752. The van der Waals surface area contributed by atoms with Crippen molar-refractivity contribution < 1.29 is 5.11 Å². The van der Waals surface area contributed by atoms with E-state index in [0.29, 0.717) is 0 Å². The largest absolute Gasteiger partial charge is 0.390 e. The molecule has 0 unspecified atom stereocenters. The highest BCUT2D eigenvalue weighted by Gasteiger charge is 2.01. The third-order valence-corrected chi connectivity index (χ3v) is 1.96. The molecule has 0 saturated heterocycles. The molecule has 0 fully saturated rings. The van der Waals surface area contributed by atoms with E-state index in [1.807, 2.05) is 0 Å². The molecule has 0 radical (unpaired) electrons. The van der Waals surface area contributed by atoms with Gasteiger partial charge < -0.3 is 5.11 Å². The summed E-state index contributed by atoms with van der Waals surface area (Å²) in [5, 5.41) is 12.9. The Balaban J connectivity index is 2.51. The molecular weight excluding hydrogens is 194 g/mol. The summed E-state index contributed by atoms with van der Waals surface area (Å²) in [6.07, 6.45) is 4.82. The summed E-state index contributed by atoms with van der Waals surface area (Å²) in [7, 11) is 0. The van der Waals surface area contributed by atoms with Crippen molar-refractivity contribution in [2.24, 2.45) is 0 Å². The maximum absolute atomic E-state index is 11.2. The van der Waals surface area contributed by atoms with E-state index in [2.05, 4.69) is 10.1 Å². The van der Waals surface area contributed by atoms with Gasteiger partial charge in [0.05, 0.1) is 12.3 Å². The molecule has 2 aromatic rings. The van der Waals surface area contributed by atoms with Crippen LogP contribution in [0.4, 0.5) is 0 Å². The zero-order chi connectivity index (χ0) is 10.7. The highest BCUT2D eigenvalue weighted by Crippen LogP contribution is 2.01. The first-order valence-electron chi connectivity index (χ1n) is 4.41. The Morgan fingerprint density at radius 2 is 2.00 bits per heavy atom. The van der Waals surface area contributed by atoms with Crippen LogP contribution in [0.5, 0.6) is 0 Å². The van der Waals surface area contributed by atoms with Crippen LogP contribution >= 0.6 is 0 Å². The molecule has 5 nitrogen and oxygen atoms in total. The lowest BCUT2D eigenvalue weighted by Gasteiger charge is -2.04. The second-order valence-electron chi connectivity index (χ2n) is 2.93. The molecule has 0 bridgehead atoms. The lowest BCUT2D eigenvalue weighted by Crippen LogP contribution is -2.15. The van der Waals surface area contributed by atoms with Crippen LogP contribution in [0.1, 0.15) is 5.69 Å². The molecule has 0 aromatic carbocycles. The summed E-state index contributed by atoms with van der Waals surface area (Å²) >= 11 is 0. The van der Waals surface area contributed by atoms with Crippen molar-refractivity contribution >= 4 is 0 Å². The summed E-state index contributed by atoms with van der Waals surface area (Å²) < 4.78 is 1.52. The van der Waals surface area contributed by atoms with Crippen LogP contribution in [-0.2, 0) is 6.61 Å². The summed E-state index contributed by atoms with van der Waals surface area (Å²) in [6, 6.07) is 4.90. The molecule has 0 atom stereocenters. The van der Waals surface area contributed by atoms with E-state index in [1.54, 1.807) is 30.7 Å². The normalized spacial score (nSPS) is 10.2. The topological polar surface area (TPSA) is 68.0 Å². The zero-order valence-corrected chi connectivity index (χ0v) is 7.87. The van der Waals surface area contributed by atoms with E-state index >= 15 is 0 Å². The maximum atomic E-state index is 11.2. The van der Waals surface area contributed by atoms with Crippen molar-refractivity contribution in [2.45, 2.75) is 6.61 Å². The summed E-state index contributed by atoms with van der Waals surface area (Å²) in [5.41, 5.74) is 0.664. The number of aliphatic hydroxyl groups is 1. The predicted molar refractivity (Wildman–Crippen MR) is 53.6 cm³/mol. The predicted octanol–water partition coefficient (Wildman–Crippen LogP) is 0.120. The minimum atomic E-state index is -0.356. The average Bonchev–Trinajstić information content (AvgIpc) is 2.31. The highest BCUT2D eigenvalue weighted by atomic mass is 16.3. The van der Waals surface area contributed by atoms with Crippen molar-refractivity contribution in [1.29, 1.82) is 0 Å². The minimum Gasteiger partial charge on any atom is -0.390 e. The lowest BCUT2D eigenvalue weighted by atomic mass is 10.4. The van der Waals surface area contributed by atoms with Gasteiger partial charge in [0.15, 0.2) is 0 Å². The van der Waals surface area contributed by atoms with Gasteiger partial charge in [-0.15, -0.1) is 0 Å². The second-order valence-corrected chi connectivity index (χ2v) is 2.93. The molecule has 2 rings (SSSR count). The van der Waals surface area contributed by atoms with Crippen LogP contribution in [0, 0.1) is 0 Å². The molecule has 1 N–H and O–H groups in total. The van der Waals surface area contributed by atoms with E-state index in [-0.39, 0.29) is 17.7 Å². The molecule has 2 heterocycles. The van der Waals surface area contributed by atoms with Crippen LogP contribution < -0.4 is 5.43 Å². The SMILES string of the molecule is O=c1ccn(-c2ccncc2)nc1CO. The van der Waals surface area contributed by atoms with E-state index in [0.717, 1.165) is 5.69 Å². The van der Waals surface area contributed by atoms with Crippen LogP contribution in [0.25, 0.3) is 5.69 Å². The maximum Gasteiger partial charge on any atom is 0.205 e. The van der Waals surface area contributed by atoms with Crippen LogP contribution in [-0.4, -0.2) is 19.9 Å². The highest BCUT2D eigenvalue weighted by molar-refractivity contribution is 5.27. The van der Waals surface area contributed by atoms with E-state index in [4.69, 9.17) is 5.11 Å². The molecule has 2 aromatic heterocycles. The number of hydrogen-bond acceptors (Lipinski definition) is 4. The standard InChI is InChI=1S/C10H9N3O2/c14-7-9-10(15)3-6-13(12-9)8-1-4-11-5-2-8/h1-6,14H,7H2. The third kappa shape index (κ3) is 1.92. The Kier molecular flexibility index (Phi) is 2.55. The summed E-state index contributed by atoms with van der Waals surface area (Å²) in [5.74, 6) is 0. The van der Waals surface area contributed by atoms with Crippen LogP contribution in [0.3, 0.4) is 0 Å². The average molecular weight is 203 g/mol. The molecule has 0 spiro atoms. The molecule has 0 aliphatic carbocycles. The fourth-order valence-electron chi connectivity index (χ4n) is 1.20. The van der Waals surface area contributed by atoms with E-state index in [9.17, 15) is 4.79 Å². The fraction of sp³-hybridized carbons (Fsp3) is 0.100. The Labute approximate surface area is 85.6 Å². The molecule has 0 amide bonds. The van der Waals surface area contributed by atoms with Gasteiger partial charge >= 0.3 is 0 Å². The molecular formula is C10H9N3O2. The first-order chi connectivity index (χ1) is 7.31. The number of pyridine rings is 1. The van der Waals surface area contributed by atoms with Crippen molar-refractivity contribution in [3.05, 3.63) is 52.7 Å². The zero-order valence-electron chi connectivity index (χ0n) is 7.87. The number of aromatic nitrogens is 3. The summed E-state index contributed by atoms with van der Waals surface area (Å²) in [6.45, 7) is -0.356. The van der Waals surface area contributed by atoms with Gasteiger partial charge in [-0.3, -0.25) is 9.78 Å². The van der Waals surface area contributed by atoms with Crippen molar-refractivity contribution in [2.75, 3.05) is 0 Å². The molecule has 0 aliphatic rings. The number of rotatable bonds is 2. The third-order valence-electron chi connectivity index (χ3n) is 1.96. The van der Waals surface area contributed by atoms with E-state index < -0.39 is 0 Å². The van der Waals surface area contributed by atoms with Gasteiger partial charge in [0, 0.05) is 24.7 Å². The van der Waals surface area contributed by atoms with Gasteiger partial charge in [-0.25, -0.2) is 4.68 Å². The van der Waals surface area contributed by atoms with Gasteiger partial charge in [0.2, 0.25) is 5.43 Å². The van der Waals surface area contributed by atoms with Crippen molar-refractivity contribution in [3.63, 3.8) is 0 Å². The Morgan fingerprint density at radius 3 is 2.67 bits per heavy atom. The van der Waals surface area contributed by atoms with Crippen LogP contribution in [0.2, 0.25) is 0 Å². The number of hydrogen-bond donors (Lipinski definition) is 1. The Morgan fingerprint density at radius 1 is 1.27 bits per heavy atom. The van der Waals surface area contributed by atoms with E-state index in [1.165, 1.54) is 10.7 Å². The second kappa shape index (κ2) is 4.02. The van der Waals surface area contributed by atoms with Crippen molar-refractivity contribution in [1.82, 2.24) is 14.8 Å². The van der Waals surface area contributed by atoms with Gasteiger partial charge in [-0.05, 0) is 12.1 Å². The smallest absolute Gasteiger partial charge is 0.205 e. The van der Waals surface area contributed by atoms with Gasteiger partial charge in [-0.2, -0.15) is 5.10 Å². The number of aliphatic hydroxyl groups excluding tert-OH is 1. The first-order valence-corrected chi connectivity index (χ1v) is 4.41. The Hall–Kier alpha value is -2.01. The summed E-state index contributed by atoms with van der Waals surface area (Å²) in [4.78, 5) is 15.1. The van der Waals surface area contributed by atoms with Gasteiger partial charge in [0.1, 0.15) is 5.69 Å². The van der Waals surface area contributed by atoms with Gasteiger partial charge in [-0.1, -0.05) is 0 Å². The lowest BCUT2D eigenvalue weighted by molar-refractivity contribution is 0.273. The molecule has 0 aliphatic heterocycles. The molecule has 5 heteroatoms. The van der Waals surface area contributed by atoms with Gasteiger partial charge in [0.25, 0.3) is 0 Å². The fourth-order valence-corrected chi connectivity index (χ4v) is 1.20. The monoisotopic (exact) mass is 203 g/mol. The molecule has 76 valence electrons. The molecule has 15 heavy (non-hydrogen) atoms. The molecule has 0 saturated carbocycles. The van der Waals surface area contributed by atoms with Crippen molar-refractivity contribution in [3.8, 4) is 5.69 Å². The number of nitrogens with zero attached hydrogens (tertiary/aromatic N) is 3. The van der Waals surface area contributed by atoms with Crippen LogP contribution in [0.15, 0.2) is 41.6 Å². The minimum absolute atomic E-state index is 0.134. The first kappa shape index (κ1) is 9.54. The Bertz CT molecular complexity index is 508.